The molecular formula is C21H28N2O4S. The van der Waals surface area contributed by atoms with Crippen LogP contribution in [0.3, 0.4) is 0 Å². The second kappa shape index (κ2) is 9.21. The van der Waals surface area contributed by atoms with Crippen LogP contribution in [0.4, 0.5) is 0 Å². The molecule has 0 aliphatic heterocycles. The van der Waals surface area contributed by atoms with Crippen LogP contribution in [-0.4, -0.2) is 34.0 Å². The Hall–Kier alpha value is -2.38. The summed E-state index contributed by atoms with van der Waals surface area (Å²) in [4.78, 5) is 12.3. The minimum Gasteiger partial charge on any atom is -0.492 e. The Balaban J connectivity index is 1.82. The van der Waals surface area contributed by atoms with Gasteiger partial charge in [0.05, 0.1) is 11.4 Å². The van der Waals surface area contributed by atoms with Gasteiger partial charge in [0, 0.05) is 12.1 Å². The zero-order valence-corrected chi connectivity index (χ0v) is 17.6. The van der Waals surface area contributed by atoms with Gasteiger partial charge >= 0.3 is 0 Å². The van der Waals surface area contributed by atoms with Crippen LogP contribution in [0.5, 0.6) is 5.75 Å². The minimum atomic E-state index is -3.52. The second-order valence-corrected chi connectivity index (χ2v) is 9.17. The first-order valence-corrected chi connectivity index (χ1v) is 10.7. The second-order valence-electron chi connectivity index (χ2n) is 7.40. The molecular weight excluding hydrogens is 376 g/mol. The molecule has 28 heavy (non-hydrogen) atoms. The number of amides is 1. The molecule has 2 aromatic rings. The number of benzene rings is 2. The molecule has 0 unspecified atom stereocenters. The van der Waals surface area contributed by atoms with Crippen molar-refractivity contribution in [3.8, 4) is 5.75 Å². The van der Waals surface area contributed by atoms with E-state index in [4.69, 9.17) is 4.74 Å². The Morgan fingerprint density at radius 1 is 1.00 bits per heavy atom. The van der Waals surface area contributed by atoms with Crippen LogP contribution in [0.15, 0.2) is 53.4 Å². The summed E-state index contributed by atoms with van der Waals surface area (Å²) in [6, 6.07) is 13.7. The molecule has 0 saturated heterocycles. The third kappa shape index (κ3) is 6.07. The predicted octanol–water partition coefficient (Wildman–Crippen LogP) is 3.09. The van der Waals surface area contributed by atoms with E-state index in [-0.39, 0.29) is 16.2 Å². The van der Waals surface area contributed by atoms with Gasteiger partial charge in [-0.1, -0.05) is 39.8 Å². The summed E-state index contributed by atoms with van der Waals surface area (Å²) >= 11 is 0. The van der Waals surface area contributed by atoms with E-state index in [9.17, 15) is 13.2 Å². The zero-order chi connectivity index (χ0) is 20.8. The molecule has 0 heterocycles. The van der Waals surface area contributed by atoms with Crippen molar-refractivity contribution in [1.82, 2.24) is 10.0 Å². The van der Waals surface area contributed by atoms with Crippen molar-refractivity contribution in [2.45, 2.75) is 38.0 Å². The van der Waals surface area contributed by atoms with Crippen LogP contribution in [0, 0.1) is 0 Å². The van der Waals surface area contributed by atoms with Crippen molar-refractivity contribution in [3.63, 3.8) is 0 Å². The first-order chi connectivity index (χ1) is 13.1. The van der Waals surface area contributed by atoms with Crippen molar-refractivity contribution >= 4 is 15.9 Å². The fraction of sp³-hybridized carbons (Fsp3) is 0.381. The highest BCUT2D eigenvalue weighted by Gasteiger charge is 2.14. The van der Waals surface area contributed by atoms with Crippen molar-refractivity contribution in [1.29, 1.82) is 0 Å². The number of carbonyl (C=O) groups is 1. The van der Waals surface area contributed by atoms with Crippen LogP contribution in [0.25, 0.3) is 0 Å². The average molecular weight is 405 g/mol. The van der Waals surface area contributed by atoms with Gasteiger partial charge in [0.2, 0.25) is 10.0 Å². The Labute approximate surface area is 167 Å². The normalized spacial score (nSPS) is 11.9. The van der Waals surface area contributed by atoms with Crippen molar-refractivity contribution in [2.24, 2.45) is 0 Å². The first-order valence-electron chi connectivity index (χ1n) is 9.25. The molecule has 0 radical (unpaired) electrons. The van der Waals surface area contributed by atoms with E-state index in [1.165, 1.54) is 29.8 Å². The summed E-state index contributed by atoms with van der Waals surface area (Å²) in [5.74, 6) is 0.472. The molecule has 1 amide bonds. The van der Waals surface area contributed by atoms with Crippen LogP contribution in [0.1, 0.15) is 43.6 Å². The third-order valence-corrected chi connectivity index (χ3v) is 5.70. The van der Waals surface area contributed by atoms with Crippen LogP contribution < -0.4 is 14.8 Å². The Morgan fingerprint density at radius 3 is 2.14 bits per heavy atom. The highest BCUT2D eigenvalue weighted by atomic mass is 32.2. The summed E-state index contributed by atoms with van der Waals surface area (Å²) in [5, 5.41) is 2.76. The average Bonchev–Trinajstić information content (AvgIpc) is 2.65. The maximum Gasteiger partial charge on any atom is 0.251 e. The maximum atomic E-state index is 12.2. The topological polar surface area (TPSA) is 84.5 Å². The molecule has 152 valence electrons. The number of ether oxygens (including phenoxy) is 1. The molecule has 0 aliphatic rings. The smallest absolute Gasteiger partial charge is 0.251 e. The highest BCUT2D eigenvalue weighted by molar-refractivity contribution is 7.89. The van der Waals surface area contributed by atoms with E-state index in [0.717, 1.165) is 5.75 Å². The van der Waals surface area contributed by atoms with Gasteiger partial charge in [-0.3, -0.25) is 4.79 Å². The van der Waals surface area contributed by atoms with Gasteiger partial charge in [-0.2, -0.15) is 0 Å². The number of nitrogens with one attached hydrogen (secondary N) is 2. The first kappa shape index (κ1) is 21.9. The largest absolute Gasteiger partial charge is 0.492 e. The standard InChI is InChI=1S/C21H28N2O4S/c1-5-23-28(25,26)19-12-6-16(7-13-19)20(24)22-14-15-27-18-10-8-17(9-11-18)21(2,3)4/h6-13,23H,5,14-15H2,1-4H3,(H,22,24). The van der Waals surface area contributed by atoms with Gasteiger partial charge in [-0.05, 0) is 47.4 Å². The lowest BCUT2D eigenvalue weighted by Crippen LogP contribution is -2.28. The lowest BCUT2D eigenvalue weighted by atomic mass is 9.87. The molecule has 0 atom stereocenters. The van der Waals surface area contributed by atoms with Crippen molar-refractivity contribution in [3.05, 3.63) is 59.7 Å². The summed E-state index contributed by atoms with van der Waals surface area (Å²) < 4.78 is 31.9. The number of hydrogen-bond donors (Lipinski definition) is 2. The van der Waals surface area contributed by atoms with Crippen molar-refractivity contribution < 1.29 is 17.9 Å². The number of carbonyl (C=O) groups excluding carboxylic acids is 1. The summed E-state index contributed by atoms with van der Waals surface area (Å²) in [5.41, 5.74) is 1.71. The summed E-state index contributed by atoms with van der Waals surface area (Å²) in [6.45, 7) is 9.16. The molecule has 0 fully saturated rings. The van der Waals surface area contributed by atoms with Gasteiger partial charge in [0.25, 0.3) is 5.91 Å². The van der Waals surface area contributed by atoms with Crippen molar-refractivity contribution in [2.75, 3.05) is 19.7 Å². The van der Waals surface area contributed by atoms with E-state index in [1.807, 2.05) is 24.3 Å². The van der Waals surface area contributed by atoms with Gasteiger partial charge in [-0.25, -0.2) is 13.1 Å². The Kier molecular flexibility index (Phi) is 7.21. The predicted molar refractivity (Wildman–Crippen MR) is 110 cm³/mol. The molecule has 0 bridgehead atoms. The quantitative estimate of drug-likeness (QED) is 0.662. The Morgan fingerprint density at radius 2 is 1.61 bits per heavy atom. The van der Waals surface area contributed by atoms with Gasteiger partial charge in [-0.15, -0.1) is 0 Å². The molecule has 0 aromatic heterocycles. The fourth-order valence-electron chi connectivity index (χ4n) is 2.55. The van der Waals surface area contributed by atoms with E-state index in [0.29, 0.717) is 25.3 Å². The lowest BCUT2D eigenvalue weighted by molar-refractivity contribution is 0.0947. The summed E-state index contributed by atoms with van der Waals surface area (Å²) in [7, 11) is -3.52. The van der Waals surface area contributed by atoms with E-state index in [2.05, 4.69) is 30.8 Å². The van der Waals surface area contributed by atoms with Gasteiger partial charge in [0.15, 0.2) is 0 Å². The lowest BCUT2D eigenvalue weighted by Gasteiger charge is -2.19. The molecule has 2 N–H and O–H groups in total. The molecule has 0 aliphatic carbocycles. The van der Waals surface area contributed by atoms with Gasteiger partial charge in [0.1, 0.15) is 12.4 Å². The highest BCUT2D eigenvalue weighted by Crippen LogP contribution is 2.24. The third-order valence-electron chi connectivity index (χ3n) is 4.14. The molecule has 7 heteroatoms. The van der Waals surface area contributed by atoms with Crippen LogP contribution in [-0.2, 0) is 15.4 Å². The molecule has 6 nitrogen and oxygen atoms in total. The number of sulfonamides is 1. The van der Waals surface area contributed by atoms with Gasteiger partial charge < -0.3 is 10.1 Å². The van der Waals surface area contributed by atoms with E-state index >= 15 is 0 Å². The molecule has 0 saturated carbocycles. The summed E-state index contributed by atoms with van der Waals surface area (Å²) in [6.07, 6.45) is 0. The molecule has 0 spiro atoms. The van der Waals surface area contributed by atoms with Crippen LogP contribution >= 0.6 is 0 Å². The molecule has 2 rings (SSSR count). The van der Waals surface area contributed by atoms with E-state index in [1.54, 1.807) is 6.92 Å². The Bertz CT molecular complexity index is 883. The zero-order valence-electron chi connectivity index (χ0n) is 16.8. The minimum absolute atomic E-state index is 0.0913. The number of hydrogen-bond acceptors (Lipinski definition) is 4. The maximum absolute atomic E-state index is 12.2. The number of rotatable bonds is 8. The van der Waals surface area contributed by atoms with E-state index < -0.39 is 10.0 Å². The fourth-order valence-corrected chi connectivity index (χ4v) is 3.59. The SMILES string of the molecule is CCNS(=O)(=O)c1ccc(C(=O)NCCOc2ccc(C(C)(C)C)cc2)cc1. The van der Waals surface area contributed by atoms with Crippen LogP contribution in [0.2, 0.25) is 0 Å². The molecule has 2 aromatic carbocycles. The monoisotopic (exact) mass is 404 g/mol.